The molecule has 3 heterocycles. The van der Waals surface area contributed by atoms with Crippen LogP contribution in [0.5, 0.6) is 0 Å². The standard InChI is InChI=1S/C20H23N3S2/c1-22-11-4-9-20(22)21-10-13-25-19-15-23(14-16-6-5-12-24-16)18-8-3-2-7-17(18)19/h2-3,5-8,12,15H,4,9-11,13-14H2,1H3/b21-20+. The fourth-order valence-corrected chi connectivity index (χ4v) is 4.99. The van der Waals surface area contributed by atoms with Crippen LogP contribution < -0.4 is 0 Å². The smallest absolute Gasteiger partial charge is 0.0987 e. The summed E-state index contributed by atoms with van der Waals surface area (Å²) in [5, 5.41) is 3.50. The Labute approximate surface area is 157 Å². The van der Waals surface area contributed by atoms with Crippen molar-refractivity contribution in [3.63, 3.8) is 0 Å². The molecular weight excluding hydrogens is 346 g/mol. The molecule has 0 aliphatic carbocycles. The number of hydrogen-bond acceptors (Lipinski definition) is 3. The average Bonchev–Trinajstić information content (AvgIpc) is 3.35. The molecule has 2 aromatic heterocycles. The molecule has 0 saturated carbocycles. The maximum absolute atomic E-state index is 4.78. The summed E-state index contributed by atoms with van der Waals surface area (Å²) < 4.78 is 2.38. The van der Waals surface area contributed by atoms with E-state index in [4.69, 9.17) is 4.99 Å². The molecule has 4 rings (SSSR count). The number of para-hydroxylation sites is 1. The fraction of sp³-hybridized carbons (Fsp3) is 0.350. The van der Waals surface area contributed by atoms with Gasteiger partial charge in [-0.2, -0.15) is 0 Å². The number of amidine groups is 1. The Kier molecular flexibility index (Phi) is 5.13. The molecule has 0 amide bonds. The van der Waals surface area contributed by atoms with Crippen molar-refractivity contribution in [2.75, 3.05) is 25.9 Å². The fourth-order valence-electron chi connectivity index (χ4n) is 3.35. The number of rotatable bonds is 6. The summed E-state index contributed by atoms with van der Waals surface area (Å²) in [4.78, 5) is 9.84. The summed E-state index contributed by atoms with van der Waals surface area (Å²) in [6.45, 7) is 3.00. The predicted octanol–water partition coefficient (Wildman–Crippen LogP) is 4.97. The number of aliphatic imine (C=N–C) groups is 1. The van der Waals surface area contributed by atoms with Crippen molar-refractivity contribution in [3.05, 3.63) is 52.9 Å². The van der Waals surface area contributed by atoms with Crippen LogP contribution in [0.2, 0.25) is 0 Å². The van der Waals surface area contributed by atoms with Crippen LogP contribution in [-0.2, 0) is 6.54 Å². The molecule has 0 N–H and O–H groups in total. The second kappa shape index (κ2) is 7.67. The van der Waals surface area contributed by atoms with Crippen LogP contribution in [0.4, 0.5) is 0 Å². The van der Waals surface area contributed by atoms with Crippen molar-refractivity contribution in [2.45, 2.75) is 24.3 Å². The second-order valence-corrected chi connectivity index (χ2v) is 8.56. The minimum absolute atomic E-state index is 0.898. The predicted molar refractivity (Wildman–Crippen MR) is 110 cm³/mol. The van der Waals surface area contributed by atoms with Crippen molar-refractivity contribution in [1.29, 1.82) is 0 Å². The number of benzene rings is 1. The first-order valence-corrected chi connectivity index (χ1v) is 10.7. The van der Waals surface area contributed by atoms with Gasteiger partial charge in [0, 0.05) is 52.6 Å². The highest BCUT2D eigenvalue weighted by atomic mass is 32.2. The van der Waals surface area contributed by atoms with E-state index >= 15 is 0 Å². The van der Waals surface area contributed by atoms with Crippen LogP contribution in [0.1, 0.15) is 17.7 Å². The normalized spacial score (nSPS) is 16.4. The summed E-state index contributed by atoms with van der Waals surface area (Å²) in [5.41, 5.74) is 1.32. The lowest BCUT2D eigenvalue weighted by Gasteiger charge is -2.10. The molecule has 0 bridgehead atoms. The highest BCUT2D eigenvalue weighted by molar-refractivity contribution is 7.99. The Morgan fingerprint density at radius 2 is 2.12 bits per heavy atom. The zero-order chi connectivity index (χ0) is 17.1. The van der Waals surface area contributed by atoms with Gasteiger partial charge in [0.05, 0.1) is 18.9 Å². The maximum atomic E-state index is 4.78. The SMILES string of the molecule is CN1CCC/C1=N\CCSc1cn(Cc2cccs2)c2ccccc12. The van der Waals surface area contributed by atoms with E-state index in [1.807, 2.05) is 23.1 Å². The number of likely N-dealkylation sites (tertiary alicyclic amines) is 1. The molecule has 1 aliphatic rings. The molecule has 3 aromatic rings. The van der Waals surface area contributed by atoms with Gasteiger partial charge >= 0.3 is 0 Å². The van der Waals surface area contributed by atoms with E-state index in [1.165, 1.54) is 32.9 Å². The molecule has 0 spiro atoms. The quantitative estimate of drug-likeness (QED) is 0.452. The molecule has 0 radical (unpaired) electrons. The van der Waals surface area contributed by atoms with Gasteiger partial charge in [0.25, 0.3) is 0 Å². The van der Waals surface area contributed by atoms with Crippen LogP contribution in [0, 0.1) is 0 Å². The summed E-state index contributed by atoms with van der Waals surface area (Å²) in [6, 6.07) is 13.1. The molecule has 5 heteroatoms. The third kappa shape index (κ3) is 3.77. The molecule has 0 unspecified atom stereocenters. The molecule has 1 aliphatic heterocycles. The Morgan fingerprint density at radius 3 is 2.92 bits per heavy atom. The summed E-state index contributed by atoms with van der Waals surface area (Å²) >= 11 is 3.75. The largest absolute Gasteiger partial charge is 0.363 e. The van der Waals surface area contributed by atoms with Crippen LogP contribution in [0.15, 0.2) is 57.9 Å². The first-order valence-electron chi connectivity index (χ1n) is 8.79. The number of hydrogen-bond donors (Lipinski definition) is 0. The third-order valence-electron chi connectivity index (χ3n) is 4.64. The van der Waals surface area contributed by atoms with E-state index in [0.29, 0.717) is 0 Å². The highest BCUT2D eigenvalue weighted by Gasteiger charge is 2.13. The maximum Gasteiger partial charge on any atom is 0.0987 e. The van der Waals surface area contributed by atoms with Gasteiger partial charge in [-0.15, -0.1) is 23.1 Å². The van der Waals surface area contributed by atoms with E-state index in [1.54, 1.807) is 0 Å². The van der Waals surface area contributed by atoms with Crippen LogP contribution >= 0.6 is 23.1 Å². The Hall–Kier alpha value is -1.72. The lowest BCUT2D eigenvalue weighted by Crippen LogP contribution is -2.19. The average molecular weight is 370 g/mol. The van der Waals surface area contributed by atoms with Gasteiger partial charge in [-0.3, -0.25) is 4.99 Å². The number of nitrogens with zero attached hydrogens (tertiary/aromatic N) is 3. The van der Waals surface area contributed by atoms with Crippen LogP contribution in [0.3, 0.4) is 0 Å². The zero-order valence-electron chi connectivity index (χ0n) is 14.5. The van der Waals surface area contributed by atoms with Crippen molar-refractivity contribution in [2.24, 2.45) is 4.99 Å². The summed E-state index contributed by atoms with van der Waals surface area (Å²) in [7, 11) is 2.15. The Morgan fingerprint density at radius 1 is 1.20 bits per heavy atom. The van der Waals surface area contributed by atoms with Gasteiger partial charge in [-0.1, -0.05) is 24.3 Å². The van der Waals surface area contributed by atoms with Gasteiger partial charge in [0.1, 0.15) is 0 Å². The molecule has 130 valence electrons. The van der Waals surface area contributed by atoms with Gasteiger partial charge in [-0.05, 0) is 23.9 Å². The number of fused-ring (bicyclic) bond motifs is 1. The lowest BCUT2D eigenvalue weighted by atomic mass is 10.2. The van der Waals surface area contributed by atoms with Crippen molar-refractivity contribution >= 4 is 39.8 Å². The van der Waals surface area contributed by atoms with E-state index < -0.39 is 0 Å². The van der Waals surface area contributed by atoms with E-state index in [9.17, 15) is 0 Å². The van der Waals surface area contributed by atoms with Crippen molar-refractivity contribution in [1.82, 2.24) is 9.47 Å². The molecule has 1 fully saturated rings. The number of thiophene rings is 1. The van der Waals surface area contributed by atoms with Gasteiger partial charge < -0.3 is 9.47 Å². The molecule has 1 saturated heterocycles. The minimum Gasteiger partial charge on any atom is -0.363 e. The monoisotopic (exact) mass is 369 g/mol. The molecule has 1 aromatic carbocycles. The first-order chi connectivity index (χ1) is 12.3. The Bertz CT molecular complexity index is 864. The van der Waals surface area contributed by atoms with E-state index in [0.717, 1.165) is 31.8 Å². The van der Waals surface area contributed by atoms with Crippen molar-refractivity contribution in [3.8, 4) is 0 Å². The highest BCUT2D eigenvalue weighted by Crippen LogP contribution is 2.31. The summed E-state index contributed by atoms with van der Waals surface area (Å²) in [6.07, 6.45) is 4.70. The molecule has 25 heavy (non-hydrogen) atoms. The minimum atomic E-state index is 0.898. The second-order valence-electron chi connectivity index (χ2n) is 6.39. The lowest BCUT2D eigenvalue weighted by molar-refractivity contribution is 0.548. The first kappa shape index (κ1) is 16.7. The van der Waals surface area contributed by atoms with Gasteiger partial charge in [0.2, 0.25) is 0 Å². The van der Waals surface area contributed by atoms with Gasteiger partial charge in [-0.25, -0.2) is 0 Å². The number of aromatic nitrogens is 1. The topological polar surface area (TPSA) is 20.5 Å². The van der Waals surface area contributed by atoms with E-state index in [2.05, 4.69) is 64.5 Å². The van der Waals surface area contributed by atoms with Crippen LogP contribution in [0.25, 0.3) is 10.9 Å². The molecule has 3 nitrogen and oxygen atoms in total. The third-order valence-corrected chi connectivity index (χ3v) is 6.52. The number of thioether (sulfide) groups is 1. The zero-order valence-corrected chi connectivity index (χ0v) is 16.2. The molecule has 0 atom stereocenters. The molecular formula is C20H23N3S2. The van der Waals surface area contributed by atoms with Gasteiger partial charge in [0.15, 0.2) is 0 Å². The van der Waals surface area contributed by atoms with E-state index in [-0.39, 0.29) is 0 Å². The summed E-state index contributed by atoms with van der Waals surface area (Å²) in [5.74, 6) is 2.31. The Balaban J connectivity index is 1.47. The van der Waals surface area contributed by atoms with Crippen LogP contribution in [-0.4, -0.2) is 41.2 Å². The van der Waals surface area contributed by atoms with Crippen molar-refractivity contribution < 1.29 is 0 Å².